The summed E-state index contributed by atoms with van der Waals surface area (Å²) in [7, 11) is 0. The van der Waals surface area contributed by atoms with Crippen molar-refractivity contribution >= 4 is 5.91 Å². The molecular formula is C16H26N2O2. The van der Waals surface area contributed by atoms with Crippen molar-refractivity contribution in [1.29, 1.82) is 0 Å². The Morgan fingerprint density at radius 2 is 2.05 bits per heavy atom. The maximum atomic E-state index is 11.8. The molecule has 0 radical (unpaired) electrons. The lowest BCUT2D eigenvalue weighted by Gasteiger charge is -2.11. The largest absolute Gasteiger partial charge is 0.491 e. The van der Waals surface area contributed by atoms with Gasteiger partial charge in [-0.05, 0) is 44.5 Å². The SMILES string of the molecule is CCCNCCNC(=O)Cc1cccc(OC(C)C)c1. The van der Waals surface area contributed by atoms with E-state index in [0.29, 0.717) is 13.0 Å². The van der Waals surface area contributed by atoms with Crippen molar-refractivity contribution in [3.05, 3.63) is 29.8 Å². The molecule has 0 fully saturated rings. The van der Waals surface area contributed by atoms with Crippen LogP contribution in [0.3, 0.4) is 0 Å². The first-order chi connectivity index (χ1) is 9.61. The highest BCUT2D eigenvalue weighted by molar-refractivity contribution is 5.78. The minimum absolute atomic E-state index is 0.0463. The standard InChI is InChI=1S/C16H26N2O2/c1-4-8-17-9-10-18-16(19)12-14-6-5-7-15(11-14)20-13(2)3/h5-7,11,13,17H,4,8-10,12H2,1-3H3,(H,18,19). The highest BCUT2D eigenvalue weighted by Gasteiger charge is 2.04. The Morgan fingerprint density at radius 3 is 2.75 bits per heavy atom. The van der Waals surface area contributed by atoms with Crippen LogP contribution in [0.4, 0.5) is 0 Å². The average molecular weight is 278 g/mol. The molecule has 0 saturated heterocycles. The van der Waals surface area contributed by atoms with E-state index in [1.165, 1.54) is 0 Å². The molecule has 0 spiro atoms. The summed E-state index contributed by atoms with van der Waals surface area (Å²) in [6, 6.07) is 7.70. The van der Waals surface area contributed by atoms with E-state index in [1.54, 1.807) is 0 Å². The van der Waals surface area contributed by atoms with Gasteiger partial charge in [-0.25, -0.2) is 0 Å². The molecule has 0 aliphatic rings. The molecule has 4 heteroatoms. The zero-order valence-corrected chi connectivity index (χ0v) is 12.7. The maximum absolute atomic E-state index is 11.8. The van der Waals surface area contributed by atoms with Crippen molar-refractivity contribution in [2.24, 2.45) is 0 Å². The molecule has 0 aromatic heterocycles. The van der Waals surface area contributed by atoms with Crippen molar-refractivity contribution in [2.75, 3.05) is 19.6 Å². The van der Waals surface area contributed by atoms with E-state index in [0.717, 1.165) is 30.8 Å². The van der Waals surface area contributed by atoms with Crippen LogP contribution in [0.2, 0.25) is 0 Å². The molecule has 1 rings (SSSR count). The quantitative estimate of drug-likeness (QED) is 0.680. The first-order valence-corrected chi connectivity index (χ1v) is 7.34. The second kappa shape index (κ2) is 9.37. The van der Waals surface area contributed by atoms with Crippen molar-refractivity contribution in [3.63, 3.8) is 0 Å². The second-order valence-corrected chi connectivity index (χ2v) is 5.09. The third-order valence-corrected chi connectivity index (χ3v) is 2.69. The monoisotopic (exact) mass is 278 g/mol. The Hall–Kier alpha value is -1.55. The lowest BCUT2D eigenvalue weighted by atomic mass is 10.1. The summed E-state index contributed by atoms with van der Waals surface area (Å²) in [5.41, 5.74) is 0.974. The molecule has 0 saturated carbocycles. The minimum atomic E-state index is 0.0463. The lowest BCUT2D eigenvalue weighted by Crippen LogP contribution is -2.33. The predicted molar refractivity (Wildman–Crippen MR) is 82.1 cm³/mol. The van der Waals surface area contributed by atoms with E-state index in [9.17, 15) is 4.79 Å². The van der Waals surface area contributed by atoms with E-state index in [-0.39, 0.29) is 12.0 Å². The Labute approximate surface area is 121 Å². The Bertz CT molecular complexity index is 405. The van der Waals surface area contributed by atoms with E-state index in [2.05, 4.69) is 17.6 Å². The highest BCUT2D eigenvalue weighted by atomic mass is 16.5. The maximum Gasteiger partial charge on any atom is 0.224 e. The van der Waals surface area contributed by atoms with E-state index in [4.69, 9.17) is 4.74 Å². The topological polar surface area (TPSA) is 50.4 Å². The molecule has 4 nitrogen and oxygen atoms in total. The molecule has 0 atom stereocenters. The average Bonchev–Trinajstić information content (AvgIpc) is 2.38. The molecule has 0 aliphatic carbocycles. The van der Waals surface area contributed by atoms with Crippen LogP contribution in [0.25, 0.3) is 0 Å². The molecule has 0 bridgehead atoms. The number of carbonyl (C=O) groups is 1. The van der Waals surface area contributed by atoms with Crippen LogP contribution in [0.1, 0.15) is 32.8 Å². The summed E-state index contributed by atoms with van der Waals surface area (Å²) >= 11 is 0. The molecule has 0 unspecified atom stereocenters. The summed E-state index contributed by atoms with van der Waals surface area (Å²) in [5, 5.41) is 6.16. The van der Waals surface area contributed by atoms with E-state index < -0.39 is 0 Å². The fourth-order valence-electron chi connectivity index (χ4n) is 1.84. The molecule has 1 aromatic rings. The Kier molecular flexibility index (Phi) is 7.73. The van der Waals surface area contributed by atoms with Gasteiger partial charge < -0.3 is 15.4 Å². The molecule has 0 aliphatic heterocycles. The zero-order chi connectivity index (χ0) is 14.8. The van der Waals surface area contributed by atoms with Crippen LogP contribution in [-0.4, -0.2) is 31.6 Å². The van der Waals surface area contributed by atoms with E-state index in [1.807, 2.05) is 38.1 Å². The van der Waals surface area contributed by atoms with Crippen LogP contribution < -0.4 is 15.4 Å². The first-order valence-electron chi connectivity index (χ1n) is 7.34. The van der Waals surface area contributed by atoms with E-state index >= 15 is 0 Å². The number of benzene rings is 1. The van der Waals surface area contributed by atoms with Crippen LogP contribution in [0, 0.1) is 0 Å². The molecule has 0 heterocycles. The third kappa shape index (κ3) is 7.14. The van der Waals surface area contributed by atoms with Gasteiger partial charge in [-0.3, -0.25) is 4.79 Å². The molecule has 20 heavy (non-hydrogen) atoms. The van der Waals surface area contributed by atoms with Gasteiger partial charge in [0, 0.05) is 13.1 Å². The van der Waals surface area contributed by atoms with Crippen LogP contribution in [-0.2, 0) is 11.2 Å². The van der Waals surface area contributed by atoms with Gasteiger partial charge in [0.15, 0.2) is 0 Å². The van der Waals surface area contributed by atoms with Gasteiger partial charge in [-0.15, -0.1) is 0 Å². The number of rotatable bonds is 9. The highest BCUT2D eigenvalue weighted by Crippen LogP contribution is 2.15. The molecule has 112 valence electrons. The van der Waals surface area contributed by atoms with Gasteiger partial charge in [-0.1, -0.05) is 19.1 Å². The smallest absolute Gasteiger partial charge is 0.224 e. The lowest BCUT2D eigenvalue weighted by molar-refractivity contribution is -0.120. The number of nitrogens with one attached hydrogen (secondary N) is 2. The summed E-state index contributed by atoms with van der Waals surface area (Å²) in [4.78, 5) is 11.8. The van der Waals surface area contributed by atoms with Crippen molar-refractivity contribution in [2.45, 2.75) is 39.7 Å². The predicted octanol–water partition coefficient (Wildman–Crippen LogP) is 2.13. The molecule has 1 amide bonds. The number of ether oxygens (including phenoxy) is 1. The second-order valence-electron chi connectivity index (χ2n) is 5.09. The molecule has 1 aromatic carbocycles. The third-order valence-electron chi connectivity index (χ3n) is 2.69. The van der Waals surface area contributed by atoms with Gasteiger partial charge in [0.2, 0.25) is 5.91 Å². The summed E-state index contributed by atoms with van der Waals surface area (Å²) in [6.07, 6.45) is 1.64. The number of hydrogen-bond donors (Lipinski definition) is 2. The van der Waals surface area contributed by atoms with Crippen molar-refractivity contribution in [3.8, 4) is 5.75 Å². The van der Waals surface area contributed by atoms with Gasteiger partial charge in [0.25, 0.3) is 0 Å². The number of carbonyl (C=O) groups excluding carboxylic acids is 1. The van der Waals surface area contributed by atoms with Gasteiger partial charge in [0.1, 0.15) is 5.75 Å². The van der Waals surface area contributed by atoms with Crippen molar-refractivity contribution < 1.29 is 9.53 Å². The van der Waals surface area contributed by atoms with Gasteiger partial charge >= 0.3 is 0 Å². The Balaban J connectivity index is 2.34. The fraction of sp³-hybridized carbons (Fsp3) is 0.562. The van der Waals surface area contributed by atoms with Crippen LogP contribution in [0.15, 0.2) is 24.3 Å². The number of amides is 1. The summed E-state index contributed by atoms with van der Waals surface area (Å²) < 4.78 is 5.62. The summed E-state index contributed by atoms with van der Waals surface area (Å²) in [5.74, 6) is 0.861. The van der Waals surface area contributed by atoms with Crippen molar-refractivity contribution in [1.82, 2.24) is 10.6 Å². The zero-order valence-electron chi connectivity index (χ0n) is 12.7. The van der Waals surface area contributed by atoms with Crippen LogP contribution in [0.5, 0.6) is 5.75 Å². The molecule has 2 N–H and O–H groups in total. The fourth-order valence-corrected chi connectivity index (χ4v) is 1.84. The summed E-state index contributed by atoms with van der Waals surface area (Å²) in [6.45, 7) is 8.57. The van der Waals surface area contributed by atoms with Gasteiger partial charge in [-0.2, -0.15) is 0 Å². The first kappa shape index (κ1) is 16.5. The number of hydrogen-bond acceptors (Lipinski definition) is 3. The normalized spacial score (nSPS) is 10.6. The van der Waals surface area contributed by atoms with Gasteiger partial charge in [0.05, 0.1) is 12.5 Å². The Morgan fingerprint density at radius 1 is 1.25 bits per heavy atom. The van der Waals surface area contributed by atoms with Crippen LogP contribution >= 0.6 is 0 Å². The molecular weight excluding hydrogens is 252 g/mol. The minimum Gasteiger partial charge on any atom is -0.491 e.